The van der Waals surface area contributed by atoms with Gasteiger partial charge in [0.1, 0.15) is 0 Å². The second-order valence-electron chi connectivity index (χ2n) is 0.513. The maximum absolute atomic E-state index is 8.88. The molecule has 3 N–H and O–H groups in total. The van der Waals surface area contributed by atoms with Gasteiger partial charge in [0, 0.05) is 77.3 Å². The molecule has 0 spiro atoms. The van der Waals surface area contributed by atoms with Crippen LogP contribution in [0.1, 0.15) is 0 Å². The Kier molecular flexibility index (Phi) is 50.7. The Morgan fingerprint density at radius 1 is 1.11 bits per heavy atom. The second kappa shape index (κ2) is 15.6. The van der Waals surface area contributed by atoms with E-state index >= 15 is 0 Å². The molecule has 0 aromatic rings. The molecule has 9 heteroatoms. The van der Waals surface area contributed by atoms with Crippen LogP contribution in [0.2, 0.25) is 0 Å². The van der Waals surface area contributed by atoms with E-state index in [1.165, 1.54) is 0 Å². The summed E-state index contributed by atoms with van der Waals surface area (Å²) in [5, 5.41) is 0. The molecule has 1 radical (unpaired) electrons. The van der Waals surface area contributed by atoms with E-state index in [1.54, 1.807) is 0 Å². The average Bonchev–Trinajstić information content (AvgIpc) is 0.722. The normalized spacial score (nSPS) is 6.56. The zero-order valence-electron chi connectivity index (χ0n) is 3.27. The maximum atomic E-state index is 8.88. The quantitative estimate of drug-likeness (QED) is 0.259. The first-order chi connectivity index (χ1) is 2.00. The summed E-state index contributed by atoms with van der Waals surface area (Å²) in [4.78, 5) is 21.6. The predicted octanol–water partition coefficient (Wildman–Crippen LogP) is -2.49. The molecular weight excluding hydrogens is 485 g/mol. The van der Waals surface area contributed by atoms with E-state index in [4.69, 9.17) is 19.2 Å². The van der Waals surface area contributed by atoms with Crippen molar-refractivity contribution in [2.45, 2.75) is 0 Å². The van der Waals surface area contributed by atoms with E-state index in [1.807, 2.05) is 0 Å². The molecule has 0 saturated carbocycles. The van der Waals surface area contributed by atoms with Gasteiger partial charge in [-0.2, -0.15) is 0 Å². The zero-order valence-corrected chi connectivity index (χ0v) is 10.9. The molecule has 0 amide bonds. The monoisotopic (exact) mass is 491 g/mol. The molecule has 0 aliphatic carbocycles. The first-order valence-corrected chi connectivity index (χ1v) is 2.35. The summed E-state index contributed by atoms with van der Waals surface area (Å²) >= 11 is 0. The fourth-order valence-electron chi connectivity index (χ4n) is 0. The third-order valence-electron chi connectivity index (χ3n) is 0. The summed E-state index contributed by atoms with van der Waals surface area (Å²) in [6.07, 6.45) is 0. The summed E-state index contributed by atoms with van der Waals surface area (Å²) in [5.41, 5.74) is 0. The van der Waals surface area contributed by atoms with Gasteiger partial charge in [-0.1, -0.05) is 0 Å². The van der Waals surface area contributed by atoms with E-state index in [9.17, 15) is 0 Å². The van der Waals surface area contributed by atoms with Gasteiger partial charge in [-0.25, -0.2) is 4.57 Å². The fraction of sp³-hybridized carbons (Fsp3) is 0. The van der Waals surface area contributed by atoms with Crippen molar-refractivity contribution >= 4 is 82.9 Å². The van der Waals surface area contributed by atoms with Crippen molar-refractivity contribution in [1.82, 2.24) is 0 Å². The Morgan fingerprint density at radius 2 is 1.11 bits per heavy atom. The first kappa shape index (κ1) is 29.2. The number of rotatable bonds is 0. The van der Waals surface area contributed by atoms with Crippen LogP contribution in [0.3, 0.4) is 0 Å². The molecule has 0 aliphatic heterocycles. The van der Waals surface area contributed by atoms with Crippen LogP contribution in [-0.2, 0) is 4.57 Å². The van der Waals surface area contributed by atoms with Crippen molar-refractivity contribution in [3.63, 3.8) is 0 Å². The molecule has 0 fully saturated rings. The van der Waals surface area contributed by atoms with Crippen molar-refractivity contribution in [2.24, 2.45) is 0 Å². The molecule has 9 heavy (non-hydrogen) atoms. The third-order valence-corrected chi connectivity index (χ3v) is 0. The van der Waals surface area contributed by atoms with Gasteiger partial charge in [0.2, 0.25) is 0 Å². The Labute approximate surface area is 174 Å². The first-order valence-electron chi connectivity index (χ1n) is 0.783. The molecule has 45 valence electrons. The van der Waals surface area contributed by atoms with Gasteiger partial charge >= 0.3 is 82.9 Å². The molecule has 0 saturated heterocycles. The molecular formula is H6CeLaNaO4PSr. The summed E-state index contributed by atoms with van der Waals surface area (Å²) in [5.74, 6) is 0. The Bertz CT molecular complexity index is 66.7. The fourth-order valence-corrected chi connectivity index (χ4v) is 0. The minimum absolute atomic E-state index is 0. The van der Waals surface area contributed by atoms with E-state index < -0.39 is 7.82 Å². The number of hydrogen-bond donors (Lipinski definition) is 3. The van der Waals surface area contributed by atoms with Crippen LogP contribution in [0, 0.1) is 77.3 Å². The van der Waals surface area contributed by atoms with Gasteiger partial charge < -0.3 is 14.7 Å². The summed E-state index contributed by atoms with van der Waals surface area (Å²) < 4.78 is 8.88. The van der Waals surface area contributed by atoms with Crippen LogP contribution in [0.15, 0.2) is 0 Å². The Morgan fingerprint density at radius 3 is 1.11 bits per heavy atom. The van der Waals surface area contributed by atoms with Gasteiger partial charge in [0.25, 0.3) is 0 Å². The molecule has 0 atom stereocenters. The molecule has 4 nitrogen and oxygen atoms in total. The number of phosphoric acid groups is 1. The van der Waals surface area contributed by atoms with Crippen molar-refractivity contribution in [3.05, 3.63) is 0 Å². The van der Waals surface area contributed by atoms with Gasteiger partial charge in [0.15, 0.2) is 0 Å². The topological polar surface area (TPSA) is 77.8 Å². The van der Waals surface area contributed by atoms with Crippen molar-refractivity contribution in [3.8, 4) is 0 Å². The summed E-state index contributed by atoms with van der Waals surface area (Å²) in [6.45, 7) is 0. The van der Waals surface area contributed by atoms with Crippen LogP contribution in [0.5, 0.6) is 0 Å². The van der Waals surface area contributed by atoms with Crippen molar-refractivity contribution in [2.75, 3.05) is 0 Å². The van der Waals surface area contributed by atoms with Crippen molar-refractivity contribution in [1.29, 1.82) is 0 Å². The second-order valence-corrected chi connectivity index (χ2v) is 1.54. The molecule has 0 bridgehead atoms. The van der Waals surface area contributed by atoms with Crippen molar-refractivity contribution < 1.29 is 96.6 Å². The Hall–Kier alpha value is 5.16. The Balaban J connectivity index is -0.0000000133. The third kappa shape index (κ3) is 61.5. The SMILES string of the molecule is O=P(O)(O)O.[Ce].[La].[NaH].[SrH2]. The standard InChI is InChI=1S/Ce.La.Na.H3O4P.Sr.3H/c;;;1-5(2,3)4;;;;/h;;;(H3,1,2,3,4);;;;. The van der Waals surface area contributed by atoms with Gasteiger partial charge in [-0.3, -0.25) is 0 Å². The van der Waals surface area contributed by atoms with E-state index in [0.717, 1.165) is 0 Å². The van der Waals surface area contributed by atoms with Crippen LogP contribution in [0.25, 0.3) is 0 Å². The van der Waals surface area contributed by atoms with E-state index in [2.05, 4.69) is 0 Å². The summed E-state index contributed by atoms with van der Waals surface area (Å²) in [6, 6.07) is 0. The van der Waals surface area contributed by atoms with Crippen LogP contribution < -0.4 is 0 Å². The zero-order chi connectivity index (χ0) is 4.50. The molecule has 0 aromatic carbocycles. The average molecular weight is 491 g/mol. The number of hydrogen-bond acceptors (Lipinski definition) is 1. The molecule has 0 aliphatic rings. The van der Waals surface area contributed by atoms with Gasteiger partial charge in [-0.05, 0) is 0 Å². The minimum atomic E-state index is -4.64. The molecule has 0 rings (SSSR count). The van der Waals surface area contributed by atoms with Crippen LogP contribution in [-0.4, -0.2) is 89.7 Å². The molecule has 0 unspecified atom stereocenters. The predicted molar refractivity (Wildman–Crippen MR) is 30.0 cm³/mol. The molecule has 0 heterocycles. The van der Waals surface area contributed by atoms with E-state index in [-0.39, 0.29) is 152 Å². The van der Waals surface area contributed by atoms with Crippen LogP contribution in [0.4, 0.5) is 0 Å². The van der Waals surface area contributed by atoms with Crippen LogP contribution >= 0.6 is 7.82 Å². The van der Waals surface area contributed by atoms with Gasteiger partial charge in [0.05, 0.1) is 0 Å². The summed E-state index contributed by atoms with van der Waals surface area (Å²) in [7, 11) is -4.64. The van der Waals surface area contributed by atoms with E-state index in [0.29, 0.717) is 0 Å². The molecule has 0 aromatic heterocycles. The van der Waals surface area contributed by atoms with Gasteiger partial charge in [-0.15, -0.1) is 0 Å².